The summed E-state index contributed by atoms with van der Waals surface area (Å²) >= 11 is 0. The number of ether oxygens (including phenoxy) is 1. The third-order valence-electron chi connectivity index (χ3n) is 2.41. The van der Waals surface area contributed by atoms with Gasteiger partial charge in [-0.25, -0.2) is 0 Å². The zero-order valence-corrected chi connectivity index (χ0v) is 8.97. The molecule has 1 aromatic carbocycles. The molecule has 0 aliphatic rings. The van der Waals surface area contributed by atoms with Crippen LogP contribution >= 0.6 is 0 Å². The van der Waals surface area contributed by atoms with E-state index in [1.165, 1.54) is 13.2 Å². The highest BCUT2D eigenvalue weighted by molar-refractivity contribution is 5.44. The molecule has 2 nitrogen and oxygen atoms in total. The second-order valence-electron chi connectivity index (χ2n) is 3.50. The molecule has 0 radical (unpaired) electrons. The topological polar surface area (TPSA) is 29.5 Å². The lowest BCUT2D eigenvalue weighted by Gasteiger charge is -2.18. The first-order valence-corrected chi connectivity index (χ1v) is 4.56. The molecule has 0 spiro atoms. The fourth-order valence-electron chi connectivity index (χ4n) is 1.33. The second kappa shape index (κ2) is 4.14. The highest BCUT2D eigenvalue weighted by atomic mass is 19.3. The van der Waals surface area contributed by atoms with Gasteiger partial charge in [0.1, 0.15) is 12.4 Å². The first-order valence-electron chi connectivity index (χ1n) is 4.56. The van der Waals surface area contributed by atoms with Gasteiger partial charge in [-0.05, 0) is 37.1 Å². The number of aliphatic hydroxyl groups excluding tert-OH is 1. The molecule has 0 aliphatic heterocycles. The lowest BCUT2D eigenvalue weighted by molar-refractivity contribution is -0.0571. The third-order valence-corrected chi connectivity index (χ3v) is 2.41. The van der Waals surface area contributed by atoms with Crippen LogP contribution in [0.1, 0.15) is 16.7 Å². The summed E-state index contributed by atoms with van der Waals surface area (Å²) in [5, 5.41) is 8.62. The summed E-state index contributed by atoms with van der Waals surface area (Å²) in [5.41, 5.74) is 1.36. The maximum absolute atomic E-state index is 13.3. The molecule has 0 fully saturated rings. The molecule has 0 saturated heterocycles. The summed E-state index contributed by atoms with van der Waals surface area (Å²) < 4.78 is 31.5. The van der Waals surface area contributed by atoms with E-state index in [1.807, 2.05) is 6.92 Å². The van der Waals surface area contributed by atoms with Crippen molar-refractivity contribution in [3.63, 3.8) is 0 Å². The normalized spacial score (nSPS) is 11.6. The predicted molar refractivity (Wildman–Crippen MR) is 53.4 cm³/mol. The molecule has 15 heavy (non-hydrogen) atoms. The minimum atomic E-state index is -3.26. The van der Waals surface area contributed by atoms with Gasteiger partial charge in [0.05, 0.1) is 12.7 Å². The Bertz CT molecular complexity index is 362. The van der Waals surface area contributed by atoms with E-state index in [2.05, 4.69) is 0 Å². The van der Waals surface area contributed by atoms with Crippen LogP contribution in [0.25, 0.3) is 0 Å². The van der Waals surface area contributed by atoms with Crippen LogP contribution in [-0.4, -0.2) is 18.8 Å². The highest BCUT2D eigenvalue weighted by Gasteiger charge is 2.34. The fraction of sp³-hybridized carbons (Fsp3) is 0.455. The fourth-order valence-corrected chi connectivity index (χ4v) is 1.33. The minimum Gasteiger partial charge on any atom is -0.496 e. The molecule has 0 heterocycles. The Hall–Kier alpha value is -1.16. The Kier molecular flexibility index (Phi) is 3.29. The van der Waals surface area contributed by atoms with Crippen molar-refractivity contribution in [1.29, 1.82) is 0 Å². The van der Waals surface area contributed by atoms with Gasteiger partial charge in [0.15, 0.2) is 0 Å². The van der Waals surface area contributed by atoms with Crippen molar-refractivity contribution in [3.8, 4) is 5.75 Å². The Morgan fingerprint density at radius 1 is 1.27 bits per heavy atom. The summed E-state index contributed by atoms with van der Waals surface area (Å²) in [6.45, 7) is 2.34. The summed E-state index contributed by atoms with van der Waals surface area (Å²) in [6, 6.07) is 2.90. The number of halogens is 2. The van der Waals surface area contributed by atoms with Crippen molar-refractivity contribution < 1.29 is 18.6 Å². The van der Waals surface area contributed by atoms with Gasteiger partial charge in [-0.1, -0.05) is 0 Å². The van der Waals surface area contributed by atoms with Gasteiger partial charge in [-0.3, -0.25) is 0 Å². The quantitative estimate of drug-likeness (QED) is 0.840. The van der Waals surface area contributed by atoms with Gasteiger partial charge >= 0.3 is 0 Å². The maximum Gasteiger partial charge on any atom is 0.299 e. The van der Waals surface area contributed by atoms with Gasteiger partial charge < -0.3 is 9.84 Å². The number of aliphatic hydroxyl groups is 1. The van der Waals surface area contributed by atoms with Crippen LogP contribution in [0.2, 0.25) is 0 Å². The molecule has 1 N–H and O–H groups in total. The van der Waals surface area contributed by atoms with Crippen molar-refractivity contribution in [1.82, 2.24) is 0 Å². The molecule has 0 aromatic heterocycles. The van der Waals surface area contributed by atoms with Crippen LogP contribution in [0.4, 0.5) is 8.78 Å². The van der Waals surface area contributed by atoms with Gasteiger partial charge in [-0.2, -0.15) is 8.78 Å². The smallest absolute Gasteiger partial charge is 0.299 e. The molecule has 0 saturated carbocycles. The molecule has 1 rings (SSSR count). The van der Waals surface area contributed by atoms with Gasteiger partial charge in [-0.15, -0.1) is 0 Å². The van der Waals surface area contributed by atoms with Crippen molar-refractivity contribution in [2.75, 3.05) is 13.7 Å². The second-order valence-corrected chi connectivity index (χ2v) is 3.50. The monoisotopic (exact) mass is 216 g/mol. The number of methoxy groups -OCH3 is 1. The van der Waals surface area contributed by atoms with Crippen LogP contribution < -0.4 is 4.74 Å². The minimum absolute atomic E-state index is 0.108. The highest BCUT2D eigenvalue weighted by Crippen LogP contribution is 2.36. The van der Waals surface area contributed by atoms with E-state index in [4.69, 9.17) is 9.84 Å². The molecule has 84 valence electrons. The maximum atomic E-state index is 13.3. The van der Waals surface area contributed by atoms with Crippen LogP contribution in [0, 0.1) is 13.8 Å². The molecule has 1 aromatic rings. The number of hydrogen-bond acceptors (Lipinski definition) is 2. The zero-order chi connectivity index (χ0) is 11.6. The molecule has 0 bridgehead atoms. The Morgan fingerprint density at radius 2 is 1.80 bits per heavy atom. The average molecular weight is 216 g/mol. The van der Waals surface area contributed by atoms with E-state index in [-0.39, 0.29) is 11.3 Å². The third kappa shape index (κ3) is 2.26. The molecule has 0 unspecified atom stereocenters. The van der Waals surface area contributed by atoms with E-state index in [0.717, 1.165) is 11.1 Å². The van der Waals surface area contributed by atoms with E-state index in [0.29, 0.717) is 0 Å². The van der Waals surface area contributed by atoms with Crippen LogP contribution in [0.5, 0.6) is 5.75 Å². The Labute approximate surface area is 87.5 Å². The Balaban J connectivity index is 3.34. The van der Waals surface area contributed by atoms with E-state index >= 15 is 0 Å². The predicted octanol–water partition coefficient (Wildman–Crippen LogP) is 2.40. The first-order chi connectivity index (χ1) is 6.92. The van der Waals surface area contributed by atoms with Crippen molar-refractivity contribution in [3.05, 3.63) is 28.8 Å². The van der Waals surface area contributed by atoms with Gasteiger partial charge in [0.25, 0.3) is 5.92 Å². The van der Waals surface area contributed by atoms with E-state index in [1.54, 1.807) is 13.0 Å². The van der Waals surface area contributed by atoms with Gasteiger partial charge in [0, 0.05) is 0 Å². The van der Waals surface area contributed by atoms with Crippen LogP contribution in [0.3, 0.4) is 0 Å². The molecular formula is C11H14F2O2. The lowest BCUT2D eigenvalue weighted by Crippen LogP contribution is -2.19. The van der Waals surface area contributed by atoms with E-state index < -0.39 is 12.5 Å². The van der Waals surface area contributed by atoms with Gasteiger partial charge in [0.2, 0.25) is 0 Å². The average Bonchev–Trinajstić information content (AvgIpc) is 2.21. The molecule has 4 heteroatoms. The standard InChI is InChI=1S/C11H14F2O2/c1-7-4-9(11(12,13)6-14)10(15-3)5-8(7)2/h4-5,14H,6H2,1-3H3. The van der Waals surface area contributed by atoms with Crippen molar-refractivity contribution >= 4 is 0 Å². The van der Waals surface area contributed by atoms with Crippen molar-refractivity contribution in [2.45, 2.75) is 19.8 Å². The summed E-state index contributed by atoms with van der Waals surface area (Å²) in [4.78, 5) is 0. The number of alkyl halides is 2. The van der Waals surface area contributed by atoms with Crippen molar-refractivity contribution in [2.24, 2.45) is 0 Å². The number of benzene rings is 1. The molecule has 0 atom stereocenters. The molecular weight excluding hydrogens is 202 g/mol. The summed E-state index contributed by atoms with van der Waals surface area (Å²) in [6.07, 6.45) is 0. The molecule has 0 amide bonds. The van der Waals surface area contributed by atoms with Crippen LogP contribution in [-0.2, 0) is 5.92 Å². The SMILES string of the molecule is COc1cc(C)c(C)cc1C(F)(F)CO. The molecule has 0 aliphatic carbocycles. The summed E-state index contributed by atoms with van der Waals surface area (Å²) in [5.74, 6) is -3.15. The first kappa shape index (κ1) is 11.9. The number of hydrogen-bond donors (Lipinski definition) is 1. The Morgan fingerprint density at radius 3 is 2.27 bits per heavy atom. The largest absolute Gasteiger partial charge is 0.496 e. The zero-order valence-electron chi connectivity index (χ0n) is 8.97. The summed E-state index contributed by atoms with van der Waals surface area (Å²) in [7, 11) is 1.33. The lowest BCUT2D eigenvalue weighted by atomic mass is 10.0. The van der Waals surface area contributed by atoms with E-state index in [9.17, 15) is 8.78 Å². The number of aryl methyl sites for hydroxylation is 2. The number of rotatable bonds is 3. The van der Waals surface area contributed by atoms with Crippen LogP contribution in [0.15, 0.2) is 12.1 Å².